The van der Waals surface area contributed by atoms with Gasteiger partial charge in [-0.2, -0.15) is 0 Å². The molecule has 1 aliphatic heterocycles. The van der Waals surface area contributed by atoms with Crippen LogP contribution in [-0.2, 0) is 14.4 Å². The Kier molecular flexibility index (Phi) is 25.4. The average Bonchev–Trinajstić information content (AvgIpc) is 3.51. The Morgan fingerprint density at radius 1 is 0.767 bits per heavy atom. The topological polar surface area (TPSA) is 95.5 Å². The van der Waals surface area contributed by atoms with Crippen molar-refractivity contribution in [2.24, 2.45) is 0 Å². The fourth-order valence-corrected chi connectivity index (χ4v) is 7.25. The number of carboxylic acids is 1. The molecule has 1 aliphatic rings. The van der Waals surface area contributed by atoms with Crippen LogP contribution in [0.4, 0.5) is 0 Å². The van der Waals surface area contributed by atoms with Gasteiger partial charge in [0, 0.05) is 30.4 Å². The van der Waals surface area contributed by atoms with E-state index in [4.69, 9.17) is 0 Å². The van der Waals surface area contributed by atoms with Crippen LogP contribution in [0.1, 0.15) is 103 Å². The van der Waals surface area contributed by atoms with Crippen LogP contribution in [0.25, 0.3) is 0 Å². The number of amides is 2. The number of allylic oxidation sites excluding steroid dienone is 12. The highest BCUT2D eigenvalue weighted by Crippen LogP contribution is 2.39. The zero-order valence-corrected chi connectivity index (χ0v) is 27.7. The van der Waals surface area contributed by atoms with E-state index in [2.05, 4.69) is 84.4 Å². The Bertz CT molecular complexity index is 934. The van der Waals surface area contributed by atoms with Crippen LogP contribution in [0.5, 0.6) is 0 Å². The van der Waals surface area contributed by atoms with Crippen molar-refractivity contribution in [3.63, 3.8) is 0 Å². The second-order valence-corrected chi connectivity index (χ2v) is 13.3. The van der Waals surface area contributed by atoms with Crippen LogP contribution >= 0.6 is 21.6 Å². The maximum Gasteiger partial charge on any atom is 0.326 e. The van der Waals surface area contributed by atoms with Crippen molar-refractivity contribution < 1.29 is 19.5 Å². The van der Waals surface area contributed by atoms with Gasteiger partial charge in [0.2, 0.25) is 11.8 Å². The number of rotatable bonds is 25. The molecule has 240 valence electrons. The molecule has 0 bridgehead atoms. The Morgan fingerprint density at radius 2 is 1.35 bits per heavy atom. The minimum atomic E-state index is -1.03. The van der Waals surface area contributed by atoms with E-state index in [0.29, 0.717) is 43.9 Å². The van der Waals surface area contributed by atoms with Gasteiger partial charge in [-0.1, -0.05) is 108 Å². The van der Waals surface area contributed by atoms with E-state index < -0.39 is 12.0 Å². The predicted octanol–water partition coefficient (Wildman–Crippen LogP) is 8.64. The molecule has 0 saturated carbocycles. The summed E-state index contributed by atoms with van der Waals surface area (Å²) in [6, 6.07) is -0.912. The standard InChI is InChI=1S/C35H54N2O4S2/c1-2-3-4-5-6-7-8-9-10-11-12-13-14-15-16-17-18-19-20-26-33(38)36-29-23-25-32(35(40)41)37-34(39)27-22-21-24-31-28-30-42-43-31/h3-4,6-7,9-10,12-13,15-16,18-19,31-32H,2,5,8,11,14,17,20-30H2,1H3,(H,36,38)(H,37,39)(H,40,41)/b4-3-,7-6-,10-9-,13-12-,16-15-,19-18-/t31?,32-/m0/s1. The van der Waals surface area contributed by atoms with Crippen molar-refractivity contribution in [1.29, 1.82) is 0 Å². The largest absolute Gasteiger partial charge is 0.480 e. The number of aliphatic carboxylic acids is 1. The molecule has 1 rings (SSSR count). The lowest BCUT2D eigenvalue weighted by Gasteiger charge is -2.15. The molecule has 0 aromatic carbocycles. The normalized spacial score (nSPS) is 16.5. The molecule has 1 fully saturated rings. The Balaban J connectivity index is 2.02. The van der Waals surface area contributed by atoms with Crippen molar-refractivity contribution in [1.82, 2.24) is 10.6 Å². The van der Waals surface area contributed by atoms with E-state index >= 15 is 0 Å². The molecule has 6 nitrogen and oxygen atoms in total. The van der Waals surface area contributed by atoms with Crippen LogP contribution < -0.4 is 10.6 Å². The third-order valence-electron chi connectivity index (χ3n) is 6.67. The molecule has 1 saturated heterocycles. The van der Waals surface area contributed by atoms with E-state index in [9.17, 15) is 19.5 Å². The highest BCUT2D eigenvalue weighted by molar-refractivity contribution is 8.77. The van der Waals surface area contributed by atoms with Crippen molar-refractivity contribution in [3.05, 3.63) is 72.9 Å². The van der Waals surface area contributed by atoms with Crippen LogP contribution in [-0.4, -0.2) is 46.5 Å². The maximum absolute atomic E-state index is 12.2. The van der Waals surface area contributed by atoms with E-state index in [1.807, 2.05) is 27.7 Å². The summed E-state index contributed by atoms with van der Waals surface area (Å²) in [7, 11) is 3.86. The SMILES string of the molecule is CC/C=C\C/C=C\C/C=C\C/C=C\C/C=C\C/C=C\CCC(=O)NCCC[C@H](NC(=O)CCCCC1CCSS1)C(=O)O. The molecular weight excluding hydrogens is 577 g/mol. The molecule has 1 unspecified atom stereocenters. The van der Waals surface area contributed by atoms with Gasteiger partial charge < -0.3 is 15.7 Å². The molecule has 3 N–H and O–H groups in total. The molecule has 2 atom stereocenters. The first-order chi connectivity index (χ1) is 21.0. The fraction of sp³-hybridized carbons (Fsp3) is 0.571. The van der Waals surface area contributed by atoms with Gasteiger partial charge in [0.1, 0.15) is 6.04 Å². The summed E-state index contributed by atoms with van der Waals surface area (Å²) in [4.78, 5) is 35.8. The Hall–Kier alpha value is -2.45. The monoisotopic (exact) mass is 630 g/mol. The number of hydrogen-bond acceptors (Lipinski definition) is 5. The van der Waals surface area contributed by atoms with Crippen LogP contribution in [0.3, 0.4) is 0 Å². The minimum Gasteiger partial charge on any atom is -0.480 e. The Labute approximate surface area is 268 Å². The molecule has 0 spiro atoms. The van der Waals surface area contributed by atoms with Crippen LogP contribution in [0.15, 0.2) is 72.9 Å². The van der Waals surface area contributed by atoms with Gasteiger partial charge in [0.05, 0.1) is 0 Å². The van der Waals surface area contributed by atoms with Crippen molar-refractivity contribution in [2.75, 3.05) is 12.3 Å². The van der Waals surface area contributed by atoms with Gasteiger partial charge in [0.25, 0.3) is 0 Å². The lowest BCUT2D eigenvalue weighted by atomic mass is 10.1. The second kappa shape index (κ2) is 28.3. The number of carbonyl (C=O) groups excluding carboxylic acids is 2. The van der Waals surface area contributed by atoms with Gasteiger partial charge in [-0.15, -0.1) is 0 Å². The molecular formula is C35H54N2O4S2. The quantitative estimate of drug-likeness (QED) is 0.0531. The average molecular weight is 631 g/mol. The van der Waals surface area contributed by atoms with Gasteiger partial charge in [0.15, 0.2) is 0 Å². The van der Waals surface area contributed by atoms with Crippen molar-refractivity contribution in [2.45, 2.75) is 115 Å². The summed E-state index contributed by atoms with van der Waals surface area (Å²) < 4.78 is 0. The smallest absolute Gasteiger partial charge is 0.326 e. The van der Waals surface area contributed by atoms with E-state index in [0.717, 1.165) is 57.8 Å². The third-order valence-corrected chi connectivity index (χ3v) is 9.67. The lowest BCUT2D eigenvalue weighted by molar-refractivity contribution is -0.142. The Morgan fingerprint density at radius 3 is 1.88 bits per heavy atom. The van der Waals surface area contributed by atoms with E-state index in [-0.39, 0.29) is 11.8 Å². The predicted molar refractivity (Wildman–Crippen MR) is 186 cm³/mol. The lowest BCUT2D eigenvalue weighted by Crippen LogP contribution is -2.41. The van der Waals surface area contributed by atoms with Gasteiger partial charge in [-0.3, -0.25) is 9.59 Å². The molecule has 2 amide bonds. The summed E-state index contributed by atoms with van der Waals surface area (Å²) >= 11 is 0. The van der Waals surface area contributed by atoms with Crippen molar-refractivity contribution in [3.8, 4) is 0 Å². The number of hydrogen-bond donors (Lipinski definition) is 3. The minimum absolute atomic E-state index is 0.0470. The molecule has 43 heavy (non-hydrogen) atoms. The van der Waals surface area contributed by atoms with Gasteiger partial charge >= 0.3 is 5.97 Å². The summed E-state index contributed by atoms with van der Waals surface area (Å²) in [6.45, 7) is 2.55. The maximum atomic E-state index is 12.2. The first-order valence-electron chi connectivity index (χ1n) is 16.0. The summed E-state index contributed by atoms with van der Waals surface area (Å²) in [5.41, 5.74) is 0. The molecule has 0 aliphatic carbocycles. The number of carbonyl (C=O) groups is 3. The third kappa shape index (κ3) is 24.7. The molecule has 0 radical (unpaired) electrons. The zero-order valence-electron chi connectivity index (χ0n) is 26.1. The van der Waals surface area contributed by atoms with Gasteiger partial charge in [-0.05, 0) is 77.0 Å². The number of carboxylic acid groups (broad SMARTS) is 1. The molecule has 8 heteroatoms. The first-order valence-corrected chi connectivity index (χ1v) is 18.4. The fourth-order valence-electron chi connectivity index (χ4n) is 4.22. The zero-order chi connectivity index (χ0) is 31.2. The van der Waals surface area contributed by atoms with E-state index in [1.54, 1.807) is 0 Å². The first kappa shape index (κ1) is 38.6. The molecule has 1 heterocycles. The van der Waals surface area contributed by atoms with Crippen LogP contribution in [0, 0.1) is 0 Å². The van der Waals surface area contributed by atoms with Crippen LogP contribution in [0.2, 0.25) is 0 Å². The number of unbranched alkanes of at least 4 members (excludes halogenated alkanes) is 1. The second-order valence-electron chi connectivity index (χ2n) is 10.5. The molecule has 0 aromatic heterocycles. The van der Waals surface area contributed by atoms with E-state index in [1.165, 1.54) is 12.2 Å². The van der Waals surface area contributed by atoms with Crippen molar-refractivity contribution >= 4 is 39.4 Å². The highest BCUT2D eigenvalue weighted by atomic mass is 33.1. The van der Waals surface area contributed by atoms with Gasteiger partial charge in [-0.25, -0.2) is 4.79 Å². The molecule has 0 aromatic rings. The summed E-state index contributed by atoms with van der Waals surface area (Å²) in [5.74, 6) is -0.0766. The summed E-state index contributed by atoms with van der Waals surface area (Å²) in [5, 5.41) is 15.6. The summed E-state index contributed by atoms with van der Waals surface area (Å²) in [6.07, 6.45) is 38.0. The number of nitrogens with one attached hydrogen (secondary N) is 2. The highest BCUT2D eigenvalue weighted by Gasteiger charge is 2.20.